The summed E-state index contributed by atoms with van der Waals surface area (Å²) in [6, 6.07) is 0.320. The van der Waals surface area contributed by atoms with Crippen LogP contribution in [0.2, 0.25) is 0 Å². The van der Waals surface area contributed by atoms with Crippen LogP contribution in [0.25, 0.3) is 0 Å². The van der Waals surface area contributed by atoms with Crippen LogP contribution >= 0.6 is 0 Å². The average Bonchev–Trinajstić information content (AvgIpc) is 2.02. The Morgan fingerprint density at radius 3 is 2.07 bits per heavy atom. The Balaban J connectivity index is 3.16. The highest BCUT2D eigenvalue weighted by atomic mass is 19.4. The smallest absolute Gasteiger partial charge is 0.458 e. The van der Waals surface area contributed by atoms with Crippen molar-refractivity contribution in [3.05, 3.63) is 24.0 Å². The molecule has 0 aliphatic rings. The van der Waals surface area contributed by atoms with E-state index in [1.54, 1.807) is 0 Å². The van der Waals surface area contributed by atoms with Gasteiger partial charge in [-0.15, -0.1) is 0 Å². The van der Waals surface area contributed by atoms with E-state index in [0.29, 0.717) is 12.3 Å². The molecule has 0 fully saturated rings. The van der Waals surface area contributed by atoms with Crippen LogP contribution in [0.4, 0.5) is 22.0 Å². The maximum absolute atomic E-state index is 12.6. The molecule has 1 aromatic heterocycles. The molecular formula is C7H4F5NO. The van der Waals surface area contributed by atoms with Crippen molar-refractivity contribution in [2.24, 2.45) is 0 Å². The summed E-state index contributed by atoms with van der Waals surface area (Å²) in [5.74, 6) is -5.75. The van der Waals surface area contributed by atoms with Crippen molar-refractivity contribution in [1.29, 1.82) is 0 Å². The Hall–Kier alpha value is -1.40. The fourth-order valence-electron chi connectivity index (χ4n) is 0.763. The molecule has 1 N–H and O–H groups in total. The van der Waals surface area contributed by atoms with Gasteiger partial charge < -0.3 is 5.11 Å². The summed E-state index contributed by atoms with van der Waals surface area (Å²) in [6.07, 6.45) is -4.58. The molecule has 0 aliphatic carbocycles. The predicted octanol–water partition coefficient (Wildman–Crippen LogP) is 2.44. The molecule has 1 rings (SSSR count). The Morgan fingerprint density at radius 2 is 1.64 bits per heavy atom. The zero-order valence-corrected chi connectivity index (χ0v) is 6.52. The van der Waals surface area contributed by atoms with Crippen LogP contribution in [0.5, 0.6) is 5.75 Å². The lowest BCUT2D eigenvalue weighted by Gasteiger charge is -2.19. The minimum Gasteiger partial charge on any atom is -0.506 e. The molecule has 0 bridgehead atoms. The fraction of sp³-hybridized carbons (Fsp3) is 0.286. The minimum absolute atomic E-state index is 0.320. The maximum atomic E-state index is 12.6. The fourth-order valence-corrected chi connectivity index (χ4v) is 0.763. The number of halogens is 5. The first-order valence-corrected chi connectivity index (χ1v) is 3.34. The van der Waals surface area contributed by atoms with Crippen molar-refractivity contribution in [2.75, 3.05) is 0 Å². The van der Waals surface area contributed by atoms with Crippen molar-refractivity contribution < 1.29 is 27.1 Å². The third-order valence-electron chi connectivity index (χ3n) is 1.44. The van der Waals surface area contributed by atoms with Gasteiger partial charge in [0, 0.05) is 6.20 Å². The first-order valence-electron chi connectivity index (χ1n) is 3.34. The molecule has 1 aromatic rings. The third kappa shape index (κ3) is 1.75. The lowest BCUT2D eigenvalue weighted by molar-refractivity contribution is -0.289. The molecule has 0 atom stereocenters. The van der Waals surface area contributed by atoms with E-state index in [9.17, 15) is 22.0 Å². The lowest BCUT2D eigenvalue weighted by Crippen LogP contribution is -2.33. The largest absolute Gasteiger partial charge is 0.506 e. The number of aromatic hydroxyl groups is 1. The van der Waals surface area contributed by atoms with E-state index in [4.69, 9.17) is 5.11 Å². The summed E-state index contributed by atoms with van der Waals surface area (Å²) in [6.45, 7) is 0. The second-order valence-electron chi connectivity index (χ2n) is 2.50. The highest BCUT2D eigenvalue weighted by Gasteiger charge is 2.59. The highest BCUT2D eigenvalue weighted by Crippen LogP contribution is 2.43. The van der Waals surface area contributed by atoms with Crippen molar-refractivity contribution in [3.63, 3.8) is 0 Å². The average molecular weight is 213 g/mol. The molecule has 0 aliphatic heterocycles. The van der Waals surface area contributed by atoms with Crippen LogP contribution in [-0.4, -0.2) is 16.3 Å². The van der Waals surface area contributed by atoms with Gasteiger partial charge in [-0.25, -0.2) is 0 Å². The molecule has 0 spiro atoms. The second-order valence-corrected chi connectivity index (χ2v) is 2.50. The molecular weight excluding hydrogens is 209 g/mol. The first kappa shape index (κ1) is 10.7. The molecule has 14 heavy (non-hydrogen) atoms. The molecule has 7 heteroatoms. The Bertz CT molecular complexity index is 335. The quantitative estimate of drug-likeness (QED) is 0.726. The first-order chi connectivity index (χ1) is 6.25. The van der Waals surface area contributed by atoms with Gasteiger partial charge in [0.15, 0.2) is 0 Å². The molecule has 1 heterocycles. The van der Waals surface area contributed by atoms with Gasteiger partial charge in [-0.2, -0.15) is 22.0 Å². The second kappa shape index (κ2) is 3.07. The summed E-state index contributed by atoms with van der Waals surface area (Å²) in [5.41, 5.74) is -1.38. The van der Waals surface area contributed by atoms with Crippen molar-refractivity contribution >= 4 is 0 Å². The molecule has 0 radical (unpaired) electrons. The zero-order valence-electron chi connectivity index (χ0n) is 6.52. The Morgan fingerprint density at radius 1 is 1.07 bits per heavy atom. The van der Waals surface area contributed by atoms with Gasteiger partial charge in [-0.1, -0.05) is 0 Å². The van der Waals surface area contributed by atoms with Crippen LogP contribution in [0, 0.1) is 0 Å². The van der Waals surface area contributed by atoms with Crippen LogP contribution in [0.15, 0.2) is 18.5 Å². The number of aromatic nitrogens is 1. The number of hydrogen-bond donors (Lipinski definition) is 1. The van der Waals surface area contributed by atoms with Crippen LogP contribution < -0.4 is 0 Å². The molecule has 0 saturated carbocycles. The van der Waals surface area contributed by atoms with E-state index in [-0.39, 0.29) is 0 Å². The molecule has 2 nitrogen and oxygen atoms in total. The molecule has 0 saturated heterocycles. The van der Waals surface area contributed by atoms with Crippen LogP contribution in [0.3, 0.4) is 0 Å². The van der Waals surface area contributed by atoms with Gasteiger partial charge in [0.2, 0.25) is 0 Å². The number of hydrogen-bond acceptors (Lipinski definition) is 2. The number of rotatable bonds is 1. The predicted molar refractivity (Wildman–Crippen MR) is 35.9 cm³/mol. The standard InChI is InChI=1S/C7H4F5NO/c8-6(9,7(10,11)12)4-1-5(14)3-13-2-4/h1-3,14H. The maximum Gasteiger partial charge on any atom is 0.458 e. The molecule has 0 amide bonds. The summed E-state index contributed by atoms with van der Waals surface area (Å²) >= 11 is 0. The van der Waals surface area contributed by atoms with Gasteiger partial charge in [0.05, 0.1) is 11.8 Å². The van der Waals surface area contributed by atoms with Gasteiger partial charge in [-0.3, -0.25) is 4.98 Å². The third-order valence-corrected chi connectivity index (χ3v) is 1.44. The molecule has 78 valence electrons. The van der Waals surface area contributed by atoms with E-state index in [2.05, 4.69) is 4.98 Å². The van der Waals surface area contributed by atoms with Crippen LogP contribution in [-0.2, 0) is 5.92 Å². The summed E-state index contributed by atoms with van der Waals surface area (Å²) in [5, 5.41) is 8.68. The summed E-state index contributed by atoms with van der Waals surface area (Å²) < 4.78 is 60.5. The van der Waals surface area contributed by atoms with E-state index in [1.165, 1.54) is 0 Å². The van der Waals surface area contributed by atoms with Gasteiger partial charge in [0.1, 0.15) is 5.75 Å². The van der Waals surface area contributed by atoms with Crippen LogP contribution in [0.1, 0.15) is 5.56 Å². The molecule has 0 aromatic carbocycles. The SMILES string of the molecule is Oc1cncc(C(F)(F)C(F)(F)F)c1. The van der Waals surface area contributed by atoms with E-state index in [1.807, 2.05) is 0 Å². The van der Waals surface area contributed by atoms with Gasteiger partial charge >= 0.3 is 12.1 Å². The van der Waals surface area contributed by atoms with Crippen molar-refractivity contribution in [2.45, 2.75) is 12.1 Å². The van der Waals surface area contributed by atoms with Crippen molar-refractivity contribution in [1.82, 2.24) is 4.98 Å². The number of pyridine rings is 1. The topological polar surface area (TPSA) is 33.1 Å². The normalized spacial score (nSPS) is 12.9. The van der Waals surface area contributed by atoms with Gasteiger partial charge in [-0.05, 0) is 6.07 Å². The number of nitrogens with zero attached hydrogens (tertiary/aromatic N) is 1. The molecule has 0 unspecified atom stereocenters. The van der Waals surface area contributed by atoms with E-state index < -0.39 is 23.4 Å². The lowest BCUT2D eigenvalue weighted by atomic mass is 10.1. The van der Waals surface area contributed by atoms with Gasteiger partial charge in [0.25, 0.3) is 0 Å². The highest BCUT2D eigenvalue weighted by molar-refractivity contribution is 5.26. The van der Waals surface area contributed by atoms with E-state index in [0.717, 1.165) is 6.20 Å². The number of alkyl halides is 5. The Kier molecular flexibility index (Phi) is 2.34. The Labute approximate surface area is 75.0 Å². The summed E-state index contributed by atoms with van der Waals surface area (Å²) in [7, 11) is 0. The minimum atomic E-state index is -5.69. The summed E-state index contributed by atoms with van der Waals surface area (Å²) in [4.78, 5) is 3.03. The monoisotopic (exact) mass is 213 g/mol. The zero-order chi connectivity index (χ0) is 11.0. The van der Waals surface area contributed by atoms with Crippen molar-refractivity contribution in [3.8, 4) is 5.75 Å². The van der Waals surface area contributed by atoms with E-state index >= 15 is 0 Å².